The molecule has 2 N–H and O–H groups in total. The van der Waals surface area contributed by atoms with Crippen molar-refractivity contribution in [3.8, 4) is 0 Å². The van der Waals surface area contributed by atoms with Gasteiger partial charge in [-0.15, -0.1) is 0 Å². The maximum atomic E-state index is 9.16. The van der Waals surface area contributed by atoms with Gasteiger partial charge in [0.1, 0.15) is 0 Å². The first-order chi connectivity index (χ1) is 6.81. The van der Waals surface area contributed by atoms with Crippen LogP contribution >= 0.6 is 11.6 Å². The SMILES string of the molecule is OCC1NCCC1c1ccc(Cl)cc1. The highest BCUT2D eigenvalue weighted by molar-refractivity contribution is 6.30. The lowest BCUT2D eigenvalue weighted by atomic mass is 9.92. The van der Waals surface area contributed by atoms with E-state index >= 15 is 0 Å². The number of nitrogens with one attached hydrogen (secondary N) is 1. The molecule has 1 aliphatic heterocycles. The Kier molecular flexibility index (Phi) is 3.06. The molecule has 0 aliphatic carbocycles. The zero-order chi connectivity index (χ0) is 9.97. The molecular formula is C11H14ClNO. The zero-order valence-corrected chi connectivity index (χ0v) is 8.67. The summed E-state index contributed by atoms with van der Waals surface area (Å²) in [4.78, 5) is 0. The van der Waals surface area contributed by atoms with Crippen molar-refractivity contribution in [2.45, 2.75) is 18.4 Å². The summed E-state index contributed by atoms with van der Waals surface area (Å²) < 4.78 is 0. The molecule has 1 aromatic carbocycles. The fourth-order valence-corrected chi connectivity index (χ4v) is 2.19. The second-order valence-corrected chi connectivity index (χ2v) is 4.13. The number of hydrogen-bond acceptors (Lipinski definition) is 2. The van der Waals surface area contributed by atoms with Crippen molar-refractivity contribution < 1.29 is 5.11 Å². The van der Waals surface area contributed by atoms with Gasteiger partial charge in [-0.2, -0.15) is 0 Å². The van der Waals surface area contributed by atoms with Gasteiger partial charge >= 0.3 is 0 Å². The summed E-state index contributed by atoms with van der Waals surface area (Å²) in [5, 5.41) is 13.2. The molecule has 0 bridgehead atoms. The van der Waals surface area contributed by atoms with Gasteiger partial charge in [0.25, 0.3) is 0 Å². The highest BCUT2D eigenvalue weighted by atomic mass is 35.5. The Morgan fingerprint density at radius 1 is 1.36 bits per heavy atom. The molecule has 2 unspecified atom stereocenters. The first-order valence-electron chi connectivity index (χ1n) is 4.91. The molecule has 76 valence electrons. The second-order valence-electron chi connectivity index (χ2n) is 3.69. The number of benzene rings is 1. The van der Waals surface area contributed by atoms with Gasteiger partial charge in [-0.25, -0.2) is 0 Å². The Morgan fingerprint density at radius 2 is 2.07 bits per heavy atom. The summed E-state index contributed by atoms with van der Waals surface area (Å²) in [5.74, 6) is 0.428. The number of rotatable bonds is 2. The maximum absolute atomic E-state index is 9.16. The Bertz CT molecular complexity index is 299. The van der Waals surface area contributed by atoms with Crippen LogP contribution in [0.2, 0.25) is 5.02 Å². The molecule has 1 fully saturated rings. The normalized spacial score (nSPS) is 26.7. The summed E-state index contributed by atoms with van der Waals surface area (Å²) in [6, 6.07) is 8.11. The van der Waals surface area contributed by atoms with E-state index < -0.39 is 0 Å². The van der Waals surface area contributed by atoms with E-state index in [0.29, 0.717) is 5.92 Å². The fourth-order valence-electron chi connectivity index (χ4n) is 2.07. The largest absolute Gasteiger partial charge is 0.395 e. The summed E-state index contributed by atoms with van der Waals surface area (Å²) in [6.07, 6.45) is 1.09. The number of hydrogen-bond donors (Lipinski definition) is 2. The third-order valence-corrected chi connectivity index (χ3v) is 3.09. The van der Waals surface area contributed by atoms with Gasteiger partial charge < -0.3 is 10.4 Å². The molecule has 0 saturated carbocycles. The van der Waals surface area contributed by atoms with E-state index in [4.69, 9.17) is 16.7 Å². The van der Waals surface area contributed by atoms with E-state index in [-0.39, 0.29) is 12.6 Å². The van der Waals surface area contributed by atoms with Crippen LogP contribution in [0.3, 0.4) is 0 Å². The van der Waals surface area contributed by atoms with Gasteiger partial charge in [0.15, 0.2) is 0 Å². The zero-order valence-electron chi connectivity index (χ0n) is 7.91. The summed E-state index contributed by atoms with van der Waals surface area (Å²) in [6.45, 7) is 1.19. The summed E-state index contributed by atoms with van der Waals surface area (Å²) in [5.41, 5.74) is 1.26. The Balaban J connectivity index is 2.17. The van der Waals surface area contributed by atoms with Crippen molar-refractivity contribution >= 4 is 11.6 Å². The van der Waals surface area contributed by atoms with Gasteiger partial charge in [0.2, 0.25) is 0 Å². The molecule has 1 saturated heterocycles. The molecule has 0 amide bonds. The molecular weight excluding hydrogens is 198 g/mol. The fraction of sp³-hybridized carbons (Fsp3) is 0.455. The molecule has 0 spiro atoms. The smallest absolute Gasteiger partial charge is 0.0590 e. The molecule has 0 radical (unpaired) electrons. The first-order valence-corrected chi connectivity index (χ1v) is 5.29. The summed E-state index contributed by atoms with van der Waals surface area (Å²) in [7, 11) is 0. The van der Waals surface area contributed by atoms with Crippen LogP contribution in [0.15, 0.2) is 24.3 Å². The first kappa shape index (κ1) is 9.97. The van der Waals surface area contributed by atoms with E-state index in [0.717, 1.165) is 18.0 Å². The minimum atomic E-state index is 0.202. The van der Waals surface area contributed by atoms with Crippen molar-refractivity contribution in [1.82, 2.24) is 5.32 Å². The molecule has 2 atom stereocenters. The topological polar surface area (TPSA) is 32.3 Å². The molecule has 2 rings (SSSR count). The van der Waals surface area contributed by atoms with Gasteiger partial charge in [-0.3, -0.25) is 0 Å². The van der Waals surface area contributed by atoms with E-state index in [9.17, 15) is 0 Å². The monoisotopic (exact) mass is 211 g/mol. The third kappa shape index (κ3) is 1.92. The second kappa shape index (κ2) is 4.30. The predicted octanol–water partition coefficient (Wildman–Crippen LogP) is 1.78. The van der Waals surface area contributed by atoms with Crippen LogP contribution in [-0.4, -0.2) is 24.3 Å². The molecule has 1 heterocycles. The molecule has 1 aromatic rings. The summed E-state index contributed by atoms with van der Waals surface area (Å²) >= 11 is 5.82. The molecule has 1 aliphatic rings. The lowest BCUT2D eigenvalue weighted by Gasteiger charge is -2.17. The third-order valence-electron chi connectivity index (χ3n) is 2.84. The van der Waals surface area contributed by atoms with Crippen molar-refractivity contribution in [3.63, 3.8) is 0 Å². The van der Waals surface area contributed by atoms with E-state index in [1.165, 1.54) is 5.56 Å². The van der Waals surface area contributed by atoms with Crippen molar-refractivity contribution in [3.05, 3.63) is 34.9 Å². The molecule has 3 heteroatoms. The predicted molar refractivity (Wildman–Crippen MR) is 57.7 cm³/mol. The molecule has 0 aromatic heterocycles. The van der Waals surface area contributed by atoms with Gasteiger partial charge in [-0.05, 0) is 30.7 Å². The van der Waals surface area contributed by atoms with E-state index in [1.54, 1.807) is 0 Å². The lowest BCUT2D eigenvalue weighted by molar-refractivity contribution is 0.245. The average Bonchev–Trinajstić information content (AvgIpc) is 2.67. The van der Waals surface area contributed by atoms with Crippen LogP contribution in [0.4, 0.5) is 0 Å². The highest BCUT2D eigenvalue weighted by Crippen LogP contribution is 2.28. The molecule has 14 heavy (non-hydrogen) atoms. The number of halogens is 1. The van der Waals surface area contributed by atoms with Crippen molar-refractivity contribution in [2.75, 3.05) is 13.2 Å². The molecule has 2 nitrogen and oxygen atoms in total. The standard InChI is InChI=1S/C11H14ClNO/c12-9-3-1-8(2-4-9)10-5-6-13-11(10)7-14/h1-4,10-11,13-14H,5-7H2. The van der Waals surface area contributed by atoms with Crippen LogP contribution in [0.25, 0.3) is 0 Å². The Hall–Kier alpha value is -0.570. The van der Waals surface area contributed by atoms with Crippen LogP contribution < -0.4 is 5.32 Å². The van der Waals surface area contributed by atoms with Crippen molar-refractivity contribution in [1.29, 1.82) is 0 Å². The lowest BCUT2D eigenvalue weighted by Crippen LogP contribution is -2.29. The number of aliphatic hydroxyl groups is 1. The minimum absolute atomic E-state index is 0.202. The Labute approximate surface area is 88.9 Å². The van der Waals surface area contributed by atoms with Crippen LogP contribution in [0, 0.1) is 0 Å². The highest BCUT2D eigenvalue weighted by Gasteiger charge is 2.27. The number of aliphatic hydroxyl groups excluding tert-OH is 1. The van der Waals surface area contributed by atoms with Crippen LogP contribution in [0.5, 0.6) is 0 Å². The maximum Gasteiger partial charge on any atom is 0.0590 e. The van der Waals surface area contributed by atoms with Gasteiger partial charge in [0, 0.05) is 17.0 Å². The van der Waals surface area contributed by atoms with Crippen LogP contribution in [-0.2, 0) is 0 Å². The van der Waals surface area contributed by atoms with E-state index in [1.807, 2.05) is 24.3 Å². The van der Waals surface area contributed by atoms with Gasteiger partial charge in [-0.1, -0.05) is 23.7 Å². The average molecular weight is 212 g/mol. The quantitative estimate of drug-likeness (QED) is 0.782. The van der Waals surface area contributed by atoms with Crippen molar-refractivity contribution in [2.24, 2.45) is 0 Å². The van der Waals surface area contributed by atoms with Gasteiger partial charge in [0.05, 0.1) is 6.61 Å². The van der Waals surface area contributed by atoms with Crippen LogP contribution in [0.1, 0.15) is 17.9 Å². The van der Waals surface area contributed by atoms with E-state index in [2.05, 4.69) is 5.32 Å². The Morgan fingerprint density at radius 3 is 2.71 bits per heavy atom. The minimum Gasteiger partial charge on any atom is -0.395 e.